The maximum Gasteiger partial charge on any atom is 0.146 e. The first kappa shape index (κ1) is 22.1. The number of fused-ring (bicyclic) bond motifs is 1. The van der Waals surface area contributed by atoms with Gasteiger partial charge in [-0.25, -0.2) is 9.97 Å². The summed E-state index contributed by atoms with van der Waals surface area (Å²) in [7, 11) is -1.09. The summed E-state index contributed by atoms with van der Waals surface area (Å²) in [5.41, 5.74) is 1.82. The number of aliphatic hydroxyl groups excluding tert-OH is 1. The number of aromatic nitrogens is 2. The van der Waals surface area contributed by atoms with Crippen molar-refractivity contribution in [3.63, 3.8) is 0 Å². The normalized spacial score (nSPS) is 23.2. The third-order valence-corrected chi connectivity index (χ3v) is 9.02. The second kappa shape index (κ2) is 9.27. The molecule has 2 N–H and O–H groups in total. The average Bonchev–Trinajstić information content (AvgIpc) is 2.98. The second-order valence-electron chi connectivity index (χ2n) is 9.37. The number of halogens is 1. The van der Waals surface area contributed by atoms with Gasteiger partial charge in [-0.1, -0.05) is 11.6 Å². The minimum atomic E-state index is -1.09. The fraction of sp³-hybridized carbons (Fsp3) is 0.583. The van der Waals surface area contributed by atoms with Crippen LogP contribution < -0.4 is 10.2 Å². The Labute approximate surface area is 197 Å². The van der Waals surface area contributed by atoms with E-state index in [-0.39, 0.29) is 18.1 Å². The van der Waals surface area contributed by atoms with Crippen molar-refractivity contribution in [3.05, 3.63) is 40.8 Å². The number of anilines is 2. The molecule has 2 aliphatic heterocycles. The van der Waals surface area contributed by atoms with Crippen LogP contribution in [0.5, 0.6) is 0 Å². The molecule has 3 aliphatic rings. The molecule has 6 nitrogen and oxygen atoms in total. The standard InChI is InChI=1S/C24H31ClN4O2S/c25-18-5-7-19(8-6-18)29-13-9-17(10-14-29)22-26-20-4-1-2-15-32(31)21(20)23(27-22)28-24(16-30)11-3-12-24/h5-8,17,30H,1-4,9-16H2,(H,26,27,28). The van der Waals surface area contributed by atoms with Crippen LogP contribution in [-0.4, -0.2) is 50.3 Å². The molecule has 1 atom stereocenters. The second-order valence-corrected chi connectivity index (χ2v) is 11.3. The number of rotatable bonds is 5. The Morgan fingerprint density at radius 1 is 1.12 bits per heavy atom. The van der Waals surface area contributed by atoms with E-state index in [1.165, 1.54) is 5.69 Å². The zero-order chi connectivity index (χ0) is 22.1. The van der Waals surface area contributed by atoms with Gasteiger partial charge in [-0.05, 0) is 75.6 Å². The van der Waals surface area contributed by atoms with Gasteiger partial charge in [0.15, 0.2) is 0 Å². The number of hydrogen-bond donors (Lipinski definition) is 2. The van der Waals surface area contributed by atoms with Crippen molar-refractivity contribution in [1.29, 1.82) is 0 Å². The van der Waals surface area contributed by atoms with Crippen LogP contribution in [0.15, 0.2) is 29.2 Å². The summed E-state index contributed by atoms with van der Waals surface area (Å²) in [6, 6.07) is 8.03. The van der Waals surface area contributed by atoms with E-state index < -0.39 is 10.8 Å². The van der Waals surface area contributed by atoms with Crippen molar-refractivity contribution in [2.45, 2.75) is 67.7 Å². The van der Waals surface area contributed by atoms with E-state index in [9.17, 15) is 9.32 Å². The Kier molecular flexibility index (Phi) is 6.41. The molecule has 1 aromatic heterocycles. The first-order valence-corrected chi connectivity index (χ1v) is 13.5. The van der Waals surface area contributed by atoms with Gasteiger partial charge in [-0.3, -0.25) is 4.21 Å². The Balaban J connectivity index is 1.40. The first-order chi connectivity index (χ1) is 15.6. The molecule has 1 aliphatic carbocycles. The lowest BCUT2D eigenvalue weighted by Crippen LogP contribution is -2.49. The van der Waals surface area contributed by atoms with Gasteiger partial charge in [-0.2, -0.15) is 0 Å². The minimum Gasteiger partial charge on any atom is -0.394 e. The highest BCUT2D eigenvalue weighted by Crippen LogP contribution is 2.38. The maximum absolute atomic E-state index is 13.0. The van der Waals surface area contributed by atoms with Gasteiger partial charge < -0.3 is 15.3 Å². The van der Waals surface area contributed by atoms with E-state index in [0.717, 1.165) is 85.9 Å². The first-order valence-electron chi connectivity index (χ1n) is 11.8. The summed E-state index contributed by atoms with van der Waals surface area (Å²) in [4.78, 5) is 13.1. The van der Waals surface area contributed by atoms with E-state index in [4.69, 9.17) is 21.6 Å². The third kappa shape index (κ3) is 4.39. The number of aliphatic hydroxyl groups is 1. The molecule has 5 rings (SSSR count). The van der Waals surface area contributed by atoms with Gasteiger partial charge in [-0.15, -0.1) is 0 Å². The van der Waals surface area contributed by atoms with E-state index in [1.54, 1.807) is 0 Å². The molecule has 3 heterocycles. The summed E-state index contributed by atoms with van der Waals surface area (Å²) in [5, 5.41) is 14.3. The Bertz CT molecular complexity index is 983. The molecule has 0 bridgehead atoms. The SMILES string of the molecule is O=S1CCCCc2nc(C3CCN(c4ccc(Cl)cc4)CC3)nc(NC3(CO)CCC3)c21. The van der Waals surface area contributed by atoms with Crippen LogP contribution in [0, 0.1) is 0 Å². The van der Waals surface area contributed by atoms with Crippen LogP contribution >= 0.6 is 11.6 Å². The number of nitrogens with zero attached hydrogens (tertiary/aromatic N) is 3. The van der Waals surface area contributed by atoms with Crippen molar-refractivity contribution in [2.24, 2.45) is 0 Å². The van der Waals surface area contributed by atoms with Gasteiger partial charge in [0.2, 0.25) is 0 Å². The molecule has 1 saturated heterocycles. The number of nitrogens with one attached hydrogen (secondary N) is 1. The van der Waals surface area contributed by atoms with E-state index >= 15 is 0 Å². The van der Waals surface area contributed by atoms with E-state index in [1.807, 2.05) is 12.1 Å². The maximum atomic E-state index is 13.0. The summed E-state index contributed by atoms with van der Waals surface area (Å²) in [6.07, 6.45) is 7.70. The molecule has 1 saturated carbocycles. The molecule has 0 spiro atoms. The molecule has 2 fully saturated rings. The smallest absolute Gasteiger partial charge is 0.146 e. The van der Waals surface area contributed by atoms with Gasteiger partial charge in [0.1, 0.15) is 16.5 Å². The van der Waals surface area contributed by atoms with Gasteiger partial charge in [0.25, 0.3) is 0 Å². The molecular formula is C24H31ClN4O2S. The van der Waals surface area contributed by atoms with E-state index in [2.05, 4.69) is 22.3 Å². The molecule has 1 aromatic carbocycles. The summed E-state index contributed by atoms with van der Waals surface area (Å²) >= 11 is 6.04. The summed E-state index contributed by atoms with van der Waals surface area (Å²) < 4.78 is 13.0. The van der Waals surface area contributed by atoms with Crippen molar-refractivity contribution in [2.75, 3.05) is 35.7 Å². The number of aryl methyl sites for hydroxylation is 1. The fourth-order valence-electron chi connectivity index (χ4n) is 5.04. The number of benzene rings is 1. The van der Waals surface area contributed by atoms with Crippen LogP contribution in [0.1, 0.15) is 62.4 Å². The lowest BCUT2D eigenvalue weighted by molar-refractivity contribution is 0.143. The molecular weight excluding hydrogens is 444 g/mol. The highest BCUT2D eigenvalue weighted by Gasteiger charge is 2.38. The highest BCUT2D eigenvalue weighted by molar-refractivity contribution is 7.85. The Morgan fingerprint density at radius 2 is 1.88 bits per heavy atom. The summed E-state index contributed by atoms with van der Waals surface area (Å²) in [6.45, 7) is 1.97. The quantitative estimate of drug-likeness (QED) is 0.673. The van der Waals surface area contributed by atoms with Crippen LogP contribution in [0.3, 0.4) is 0 Å². The summed E-state index contributed by atoms with van der Waals surface area (Å²) in [5.74, 6) is 2.52. The highest BCUT2D eigenvalue weighted by atomic mass is 35.5. The number of hydrogen-bond acceptors (Lipinski definition) is 6. The molecule has 1 unspecified atom stereocenters. The minimum absolute atomic E-state index is 0.0766. The van der Waals surface area contributed by atoms with Crippen LogP contribution in [-0.2, 0) is 17.2 Å². The lowest BCUT2D eigenvalue weighted by Gasteiger charge is -2.42. The van der Waals surface area contributed by atoms with Crippen LogP contribution in [0.4, 0.5) is 11.5 Å². The van der Waals surface area contributed by atoms with Crippen molar-refractivity contribution < 1.29 is 9.32 Å². The number of piperidine rings is 1. The van der Waals surface area contributed by atoms with Crippen molar-refractivity contribution in [3.8, 4) is 0 Å². The molecule has 2 aromatic rings. The largest absolute Gasteiger partial charge is 0.394 e. The van der Waals surface area contributed by atoms with Crippen molar-refractivity contribution >= 4 is 33.9 Å². The van der Waals surface area contributed by atoms with Crippen molar-refractivity contribution in [1.82, 2.24) is 9.97 Å². The topological polar surface area (TPSA) is 78.4 Å². The Hall–Kier alpha value is -1.70. The zero-order valence-corrected chi connectivity index (χ0v) is 19.9. The van der Waals surface area contributed by atoms with Crippen LogP contribution in [0.25, 0.3) is 0 Å². The van der Waals surface area contributed by atoms with Gasteiger partial charge >= 0.3 is 0 Å². The van der Waals surface area contributed by atoms with E-state index in [0.29, 0.717) is 11.6 Å². The zero-order valence-electron chi connectivity index (χ0n) is 18.4. The lowest BCUT2D eigenvalue weighted by atomic mass is 9.77. The molecule has 8 heteroatoms. The van der Waals surface area contributed by atoms with Gasteiger partial charge in [0, 0.05) is 35.5 Å². The fourth-order valence-corrected chi connectivity index (χ4v) is 6.56. The van der Waals surface area contributed by atoms with Gasteiger partial charge in [0.05, 0.1) is 28.6 Å². The predicted octanol–water partition coefficient (Wildman–Crippen LogP) is 4.28. The van der Waals surface area contributed by atoms with Crippen LogP contribution in [0.2, 0.25) is 5.02 Å². The third-order valence-electron chi connectivity index (χ3n) is 7.22. The predicted molar refractivity (Wildman–Crippen MR) is 129 cm³/mol. The molecule has 172 valence electrons. The Morgan fingerprint density at radius 3 is 2.53 bits per heavy atom. The molecule has 32 heavy (non-hydrogen) atoms. The molecule has 0 radical (unpaired) electrons. The monoisotopic (exact) mass is 474 g/mol. The molecule has 0 amide bonds. The average molecular weight is 475 g/mol.